The molecule has 0 spiro atoms. The molecular weight excluding hydrogens is 513 g/mol. The number of piperazine rings is 1. The molecule has 31 heavy (non-hydrogen) atoms. The number of amides is 3. The standard InChI is InChI=1S/C21H29N5O4.HI/c1-3-30-21(29)25-14-12-24(13-15-25)20(22-2)23-10-6-7-11-26-18(27)16-8-4-5-9-17(16)19(26)28;/h4-5,8-9H,3,6-7,10-15H2,1-2H3,(H,22,23);1H. The number of hydrogen-bond donors (Lipinski definition) is 1. The summed E-state index contributed by atoms with van der Waals surface area (Å²) in [6.45, 7) is 5.84. The van der Waals surface area contributed by atoms with Crippen molar-refractivity contribution in [2.75, 3.05) is 52.9 Å². The Morgan fingerprint density at radius 3 is 2.16 bits per heavy atom. The van der Waals surface area contributed by atoms with Crippen LogP contribution in [0.25, 0.3) is 0 Å². The Balaban J connectivity index is 0.00000341. The van der Waals surface area contributed by atoms with Crippen LogP contribution in [0.2, 0.25) is 0 Å². The van der Waals surface area contributed by atoms with Crippen molar-refractivity contribution in [1.82, 2.24) is 20.0 Å². The van der Waals surface area contributed by atoms with E-state index in [9.17, 15) is 14.4 Å². The molecule has 170 valence electrons. The first-order valence-corrected chi connectivity index (χ1v) is 10.4. The lowest BCUT2D eigenvalue weighted by Crippen LogP contribution is -2.54. The Bertz CT molecular complexity index is 789. The topological polar surface area (TPSA) is 94.6 Å². The van der Waals surface area contributed by atoms with E-state index < -0.39 is 0 Å². The minimum absolute atomic E-state index is 0. The van der Waals surface area contributed by atoms with Crippen molar-refractivity contribution in [1.29, 1.82) is 0 Å². The molecule has 1 N–H and O–H groups in total. The van der Waals surface area contributed by atoms with Crippen molar-refractivity contribution in [2.45, 2.75) is 19.8 Å². The average Bonchev–Trinajstić information content (AvgIpc) is 3.01. The average molecular weight is 543 g/mol. The molecule has 0 aromatic heterocycles. The van der Waals surface area contributed by atoms with Crippen LogP contribution < -0.4 is 5.32 Å². The van der Waals surface area contributed by atoms with Gasteiger partial charge in [-0.25, -0.2) is 4.79 Å². The van der Waals surface area contributed by atoms with E-state index in [2.05, 4.69) is 15.2 Å². The molecule has 0 saturated carbocycles. The number of ether oxygens (including phenoxy) is 1. The number of unbranched alkanes of at least 4 members (excludes halogenated alkanes) is 1. The summed E-state index contributed by atoms with van der Waals surface area (Å²) in [6.07, 6.45) is 1.25. The molecule has 3 amide bonds. The third-order valence-electron chi connectivity index (χ3n) is 5.29. The number of aliphatic imine (C=N–C) groups is 1. The van der Waals surface area contributed by atoms with E-state index in [1.807, 2.05) is 0 Å². The largest absolute Gasteiger partial charge is 0.450 e. The molecule has 1 saturated heterocycles. The van der Waals surface area contributed by atoms with E-state index in [0.29, 0.717) is 63.4 Å². The first kappa shape index (κ1) is 24.9. The molecule has 2 heterocycles. The maximum absolute atomic E-state index is 12.4. The number of rotatable bonds is 6. The van der Waals surface area contributed by atoms with Crippen molar-refractivity contribution < 1.29 is 19.1 Å². The lowest BCUT2D eigenvalue weighted by molar-refractivity contribution is 0.0651. The lowest BCUT2D eigenvalue weighted by atomic mass is 10.1. The molecule has 0 bridgehead atoms. The van der Waals surface area contributed by atoms with Crippen LogP contribution in [-0.4, -0.2) is 91.5 Å². The van der Waals surface area contributed by atoms with Crippen molar-refractivity contribution in [3.8, 4) is 0 Å². The van der Waals surface area contributed by atoms with Crippen molar-refractivity contribution in [3.05, 3.63) is 35.4 Å². The van der Waals surface area contributed by atoms with Crippen LogP contribution in [0.5, 0.6) is 0 Å². The SMILES string of the molecule is CCOC(=O)N1CCN(C(=NC)NCCCCN2C(=O)c3ccccc3C2=O)CC1.I. The van der Waals surface area contributed by atoms with Gasteiger partial charge in [0, 0.05) is 46.3 Å². The van der Waals surface area contributed by atoms with Gasteiger partial charge in [-0.05, 0) is 31.9 Å². The highest BCUT2D eigenvalue weighted by atomic mass is 127. The Morgan fingerprint density at radius 1 is 1.03 bits per heavy atom. The van der Waals surface area contributed by atoms with Gasteiger partial charge < -0.3 is 19.9 Å². The van der Waals surface area contributed by atoms with Gasteiger partial charge in [0.15, 0.2) is 5.96 Å². The fourth-order valence-electron chi connectivity index (χ4n) is 3.69. The van der Waals surface area contributed by atoms with Crippen LogP contribution in [-0.2, 0) is 4.74 Å². The third-order valence-corrected chi connectivity index (χ3v) is 5.29. The molecule has 0 radical (unpaired) electrons. The van der Waals surface area contributed by atoms with Gasteiger partial charge in [-0.15, -0.1) is 24.0 Å². The number of benzene rings is 1. The lowest BCUT2D eigenvalue weighted by Gasteiger charge is -2.35. The first-order valence-electron chi connectivity index (χ1n) is 10.4. The van der Waals surface area contributed by atoms with Crippen molar-refractivity contribution >= 4 is 47.8 Å². The molecule has 0 aliphatic carbocycles. The van der Waals surface area contributed by atoms with E-state index in [4.69, 9.17) is 4.74 Å². The summed E-state index contributed by atoms with van der Waals surface area (Å²) < 4.78 is 5.04. The van der Waals surface area contributed by atoms with E-state index in [-0.39, 0.29) is 41.9 Å². The van der Waals surface area contributed by atoms with Crippen LogP contribution in [0.3, 0.4) is 0 Å². The number of carbonyl (C=O) groups is 3. The summed E-state index contributed by atoms with van der Waals surface area (Å²) in [5.41, 5.74) is 0.978. The molecule has 1 fully saturated rings. The van der Waals surface area contributed by atoms with Crippen LogP contribution >= 0.6 is 24.0 Å². The monoisotopic (exact) mass is 543 g/mol. The van der Waals surface area contributed by atoms with Crippen LogP contribution in [0.4, 0.5) is 4.79 Å². The molecule has 10 heteroatoms. The number of fused-ring (bicyclic) bond motifs is 1. The van der Waals surface area contributed by atoms with Crippen molar-refractivity contribution in [3.63, 3.8) is 0 Å². The number of nitrogens with one attached hydrogen (secondary N) is 1. The van der Waals surface area contributed by atoms with Gasteiger partial charge in [-0.3, -0.25) is 19.5 Å². The number of carbonyl (C=O) groups excluding carboxylic acids is 3. The van der Waals surface area contributed by atoms with Gasteiger partial charge in [0.05, 0.1) is 17.7 Å². The number of halogens is 1. The molecule has 1 aromatic carbocycles. The van der Waals surface area contributed by atoms with E-state index in [1.54, 1.807) is 43.1 Å². The normalized spacial score (nSPS) is 16.2. The molecule has 1 aromatic rings. The highest BCUT2D eigenvalue weighted by Gasteiger charge is 2.34. The molecule has 0 atom stereocenters. The third kappa shape index (κ3) is 5.86. The Hall–Kier alpha value is -2.37. The maximum Gasteiger partial charge on any atom is 0.409 e. The summed E-state index contributed by atoms with van der Waals surface area (Å²) in [5, 5.41) is 3.33. The minimum Gasteiger partial charge on any atom is -0.450 e. The summed E-state index contributed by atoms with van der Waals surface area (Å²) in [6, 6.07) is 6.94. The van der Waals surface area contributed by atoms with Crippen LogP contribution in [0.1, 0.15) is 40.5 Å². The van der Waals surface area contributed by atoms with Crippen LogP contribution in [0.15, 0.2) is 29.3 Å². The van der Waals surface area contributed by atoms with Gasteiger partial charge in [0.1, 0.15) is 0 Å². The van der Waals surface area contributed by atoms with Gasteiger partial charge >= 0.3 is 6.09 Å². The predicted octanol–water partition coefficient (Wildman–Crippen LogP) is 2.03. The van der Waals surface area contributed by atoms with E-state index in [0.717, 1.165) is 12.4 Å². The van der Waals surface area contributed by atoms with E-state index in [1.165, 1.54) is 4.90 Å². The minimum atomic E-state index is -0.270. The molecule has 0 unspecified atom stereocenters. The van der Waals surface area contributed by atoms with Crippen molar-refractivity contribution in [2.24, 2.45) is 4.99 Å². The second kappa shape index (κ2) is 11.9. The zero-order valence-corrected chi connectivity index (χ0v) is 20.3. The highest BCUT2D eigenvalue weighted by molar-refractivity contribution is 14.0. The molecule has 3 rings (SSSR count). The van der Waals surface area contributed by atoms with Gasteiger partial charge in [0.2, 0.25) is 0 Å². The number of imide groups is 1. The summed E-state index contributed by atoms with van der Waals surface area (Å²) in [7, 11) is 1.73. The second-order valence-electron chi connectivity index (χ2n) is 7.16. The summed E-state index contributed by atoms with van der Waals surface area (Å²) >= 11 is 0. The summed E-state index contributed by atoms with van der Waals surface area (Å²) in [5.74, 6) is 0.372. The Labute approximate surface area is 199 Å². The molecule has 2 aliphatic rings. The quantitative estimate of drug-likeness (QED) is 0.194. The number of hydrogen-bond acceptors (Lipinski definition) is 5. The van der Waals surface area contributed by atoms with Gasteiger partial charge in [0.25, 0.3) is 11.8 Å². The fraction of sp³-hybridized carbons (Fsp3) is 0.524. The van der Waals surface area contributed by atoms with Gasteiger partial charge in [-0.2, -0.15) is 0 Å². The second-order valence-corrected chi connectivity index (χ2v) is 7.16. The Morgan fingerprint density at radius 2 is 1.61 bits per heavy atom. The molecular formula is C21H30IN5O4. The number of nitrogens with zero attached hydrogens (tertiary/aromatic N) is 4. The first-order chi connectivity index (χ1) is 14.6. The van der Waals surface area contributed by atoms with Crippen LogP contribution in [0, 0.1) is 0 Å². The molecule has 2 aliphatic heterocycles. The number of guanidine groups is 1. The van der Waals surface area contributed by atoms with E-state index >= 15 is 0 Å². The summed E-state index contributed by atoms with van der Waals surface area (Å²) in [4.78, 5) is 46.0. The molecule has 9 nitrogen and oxygen atoms in total. The maximum atomic E-state index is 12.4. The van der Waals surface area contributed by atoms with Gasteiger partial charge in [-0.1, -0.05) is 12.1 Å². The fourth-order valence-corrected chi connectivity index (χ4v) is 3.69. The smallest absolute Gasteiger partial charge is 0.409 e. The zero-order chi connectivity index (χ0) is 21.5. The highest BCUT2D eigenvalue weighted by Crippen LogP contribution is 2.22. The Kier molecular flexibility index (Phi) is 9.53. The zero-order valence-electron chi connectivity index (χ0n) is 18.0. The predicted molar refractivity (Wildman–Crippen MR) is 128 cm³/mol.